The first-order chi connectivity index (χ1) is 13.1. The van der Waals surface area contributed by atoms with E-state index >= 15 is 0 Å². The van der Waals surface area contributed by atoms with Crippen LogP contribution in [0.25, 0.3) is 0 Å². The zero-order chi connectivity index (χ0) is 20.9. The molecule has 1 atom stereocenters. The fraction of sp³-hybridized carbons (Fsp3) is 0.300. The van der Waals surface area contributed by atoms with E-state index in [0.29, 0.717) is 22.5 Å². The molecular formula is C20H25N3O4S. The van der Waals surface area contributed by atoms with Crippen LogP contribution in [0.4, 0.5) is 11.4 Å². The largest absolute Gasteiger partial charge is 0.350 e. The second-order valence-electron chi connectivity index (χ2n) is 6.56. The first-order valence-electron chi connectivity index (χ1n) is 8.88. The summed E-state index contributed by atoms with van der Waals surface area (Å²) in [6.07, 6.45) is 1.91. The van der Waals surface area contributed by atoms with Gasteiger partial charge in [0.25, 0.3) is 11.8 Å². The highest BCUT2D eigenvalue weighted by molar-refractivity contribution is 7.92. The normalized spacial score (nSPS) is 12.1. The molecule has 2 aromatic carbocycles. The Morgan fingerprint density at radius 3 is 2.21 bits per heavy atom. The summed E-state index contributed by atoms with van der Waals surface area (Å²) in [6.45, 7) is 3.89. The zero-order valence-corrected chi connectivity index (χ0v) is 17.2. The van der Waals surface area contributed by atoms with Gasteiger partial charge in [0.2, 0.25) is 10.0 Å². The third-order valence-corrected chi connectivity index (χ3v) is 5.61. The molecule has 0 heterocycles. The van der Waals surface area contributed by atoms with Crippen molar-refractivity contribution in [1.29, 1.82) is 0 Å². The lowest BCUT2D eigenvalue weighted by Crippen LogP contribution is -2.32. The molecule has 0 fully saturated rings. The van der Waals surface area contributed by atoms with Crippen LogP contribution in [0.15, 0.2) is 48.5 Å². The van der Waals surface area contributed by atoms with Crippen molar-refractivity contribution in [1.82, 2.24) is 5.32 Å². The molecular weight excluding hydrogens is 378 g/mol. The summed E-state index contributed by atoms with van der Waals surface area (Å²) in [7, 11) is -1.94. The number of amides is 2. The summed E-state index contributed by atoms with van der Waals surface area (Å²) in [5, 5.41) is 5.63. The Labute approximate surface area is 165 Å². The van der Waals surface area contributed by atoms with Crippen LogP contribution in [0.2, 0.25) is 0 Å². The average molecular weight is 404 g/mol. The van der Waals surface area contributed by atoms with Gasteiger partial charge < -0.3 is 10.6 Å². The highest BCUT2D eigenvalue weighted by Gasteiger charge is 2.16. The molecule has 0 unspecified atom stereocenters. The lowest BCUT2D eigenvalue weighted by Gasteiger charge is -2.17. The van der Waals surface area contributed by atoms with E-state index in [1.54, 1.807) is 36.4 Å². The van der Waals surface area contributed by atoms with Crippen molar-refractivity contribution in [3.05, 3.63) is 59.7 Å². The summed E-state index contributed by atoms with van der Waals surface area (Å²) in [5.41, 5.74) is 1.59. The molecule has 8 heteroatoms. The maximum Gasteiger partial charge on any atom is 0.255 e. The van der Waals surface area contributed by atoms with Gasteiger partial charge in [0, 0.05) is 18.7 Å². The van der Waals surface area contributed by atoms with Crippen LogP contribution in [0.1, 0.15) is 41.0 Å². The third-order valence-electron chi connectivity index (χ3n) is 4.40. The van der Waals surface area contributed by atoms with E-state index in [-0.39, 0.29) is 11.9 Å². The van der Waals surface area contributed by atoms with Crippen molar-refractivity contribution in [2.75, 3.05) is 22.9 Å². The molecule has 2 N–H and O–H groups in total. The number of carbonyl (C=O) groups is 2. The summed E-state index contributed by atoms with van der Waals surface area (Å²) in [6, 6.07) is 13.0. The molecule has 150 valence electrons. The molecule has 2 rings (SSSR count). The number of nitrogens with one attached hydrogen (secondary N) is 2. The van der Waals surface area contributed by atoms with Gasteiger partial charge in [-0.3, -0.25) is 13.9 Å². The molecule has 0 saturated heterocycles. The minimum absolute atomic E-state index is 0.0237. The predicted octanol–water partition coefficient (Wildman–Crippen LogP) is 2.86. The molecule has 0 spiro atoms. The Morgan fingerprint density at radius 2 is 1.64 bits per heavy atom. The number of para-hydroxylation sites is 1. The second kappa shape index (κ2) is 8.88. The minimum atomic E-state index is -3.38. The van der Waals surface area contributed by atoms with Gasteiger partial charge in [-0.05, 0) is 49.7 Å². The van der Waals surface area contributed by atoms with E-state index < -0.39 is 15.9 Å². The lowest BCUT2D eigenvalue weighted by atomic mass is 10.1. The molecule has 28 heavy (non-hydrogen) atoms. The number of carbonyl (C=O) groups excluding carboxylic acids is 2. The third kappa shape index (κ3) is 5.32. The fourth-order valence-corrected chi connectivity index (χ4v) is 2.91. The molecule has 0 aliphatic rings. The van der Waals surface area contributed by atoms with Crippen LogP contribution in [-0.2, 0) is 10.0 Å². The molecule has 0 aliphatic carbocycles. The molecule has 0 aliphatic heterocycles. The summed E-state index contributed by atoms with van der Waals surface area (Å²) >= 11 is 0. The Kier molecular flexibility index (Phi) is 6.80. The molecule has 2 aromatic rings. The van der Waals surface area contributed by atoms with E-state index in [1.165, 1.54) is 19.2 Å². The molecule has 0 radical (unpaired) electrons. The Hall–Kier alpha value is -2.87. The highest BCUT2D eigenvalue weighted by Crippen LogP contribution is 2.19. The standard InChI is InChI=1S/C20H25N3O4S/c1-5-14(2)21-20(25)17-8-6-7-9-18(17)22-19(24)15-10-12-16(13-11-15)23(3)28(4,26)27/h6-14H,5H2,1-4H3,(H,21,25)(H,22,24)/t14-/m1/s1. The van der Waals surface area contributed by atoms with Gasteiger partial charge in [0.1, 0.15) is 0 Å². The molecule has 0 saturated carbocycles. The van der Waals surface area contributed by atoms with Gasteiger partial charge in [0.15, 0.2) is 0 Å². The van der Waals surface area contributed by atoms with Gasteiger partial charge in [-0.15, -0.1) is 0 Å². The average Bonchev–Trinajstić information content (AvgIpc) is 2.67. The topological polar surface area (TPSA) is 95.6 Å². The first-order valence-corrected chi connectivity index (χ1v) is 10.7. The summed E-state index contributed by atoms with van der Waals surface area (Å²) in [4.78, 5) is 25.0. The number of rotatable bonds is 7. The summed E-state index contributed by atoms with van der Waals surface area (Å²) < 4.78 is 24.3. The number of anilines is 2. The molecule has 2 amide bonds. The Bertz CT molecular complexity index is 956. The van der Waals surface area contributed by atoms with E-state index in [0.717, 1.165) is 17.0 Å². The quantitative estimate of drug-likeness (QED) is 0.743. The van der Waals surface area contributed by atoms with Crippen molar-refractivity contribution in [3.8, 4) is 0 Å². The molecule has 0 aromatic heterocycles. The van der Waals surface area contributed by atoms with Crippen molar-refractivity contribution < 1.29 is 18.0 Å². The molecule has 0 bridgehead atoms. The first kappa shape index (κ1) is 21.4. The van der Waals surface area contributed by atoms with Crippen molar-refractivity contribution in [2.24, 2.45) is 0 Å². The highest BCUT2D eigenvalue weighted by atomic mass is 32.2. The number of nitrogens with zero attached hydrogens (tertiary/aromatic N) is 1. The second-order valence-corrected chi connectivity index (χ2v) is 8.57. The summed E-state index contributed by atoms with van der Waals surface area (Å²) in [5.74, 6) is -0.646. The van der Waals surface area contributed by atoms with Gasteiger partial charge in [-0.25, -0.2) is 8.42 Å². The van der Waals surface area contributed by atoms with Crippen molar-refractivity contribution in [3.63, 3.8) is 0 Å². The van der Waals surface area contributed by atoms with Crippen LogP contribution in [-0.4, -0.2) is 39.6 Å². The van der Waals surface area contributed by atoms with Gasteiger partial charge >= 0.3 is 0 Å². The minimum Gasteiger partial charge on any atom is -0.350 e. The van der Waals surface area contributed by atoms with E-state index in [9.17, 15) is 18.0 Å². The lowest BCUT2D eigenvalue weighted by molar-refractivity contribution is 0.0940. The maximum atomic E-state index is 12.6. The molecule has 7 nitrogen and oxygen atoms in total. The number of benzene rings is 2. The maximum absolute atomic E-state index is 12.6. The number of hydrogen-bond donors (Lipinski definition) is 2. The van der Waals surface area contributed by atoms with Gasteiger partial charge in [0.05, 0.1) is 23.2 Å². The van der Waals surface area contributed by atoms with Gasteiger partial charge in [-0.1, -0.05) is 19.1 Å². The Balaban J connectivity index is 2.18. The Morgan fingerprint density at radius 1 is 1.04 bits per heavy atom. The monoisotopic (exact) mass is 403 g/mol. The van der Waals surface area contributed by atoms with E-state index in [2.05, 4.69) is 10.6 Å². The van der Waals surface area contributed by atoms with Crippen LogP contribution in [0, 0.1) is 0 Å². The van der Waals surface area contributed by atoms with Crippen LogP contribution >= 0.6 is 0 Å². The number of hydrogen-bond acceptors (Lipinski definition) is 4. The number of sulfonamides is 1. The van der Waals surface area contributed by atoms with Crippen LogP contribution < -0.4 is 14.9 Å². The van der Waals surface area contributed by atoms with Crippen molar-refractivity contribution in [2.45, 2.75) is 26.3 Å². The predicted molar refractivity (Wildman–Crippen MR) is 111 cm³/mol. The SMILES string of the molecule is CC[C@@H](C)NC(=O)c1ccccc1NC(=O)c1ccc(N(C)S(C)(=O)=O)cc1. The van der Waals surface area contributed by atoms with Crippen LogP contribution in [0.3, 0.4) is 0 Å². The van der Waals surface area contributed by atoms with Gasteiger partial charge in [-0.2, -0.15) is 0 Å². The van der Waals surface area contributed by atoms with Crippen molar-refractivity contribution >= 4 is 33.2 Å². The fourth-order valence-electron chi connectivity index (χ4n) is 2.40. The van der Waals surface area contributed by atoms with Crippen LogP contribution in [0.5, 0.6) is 0 Å². The van der Waals surface area contributed by atoms with E-state index in [1.807, 2.05) is 13.8 Å². The zero-order valence-electron chi connectivity index (χ0n) is 16.4. The smallest absolute Gasteiger partial charge is 0.255 e. The van der Waals surface area contributed by atoms with E-state index in [4.69, 9.17) is 0 Å².